The lowest BCUT2D eigenvalue weighted by molar-refractivity contribution is 0.999. The molecule has 1 aromatic rings. The second-order valence-electron chi connectivity index (χ2n) is 1.87. The molecular formula is C4H6N6. The Morgan fingerprint density at radius 3 is 3.20 bits per heavy atom. The number of rotatable bonds is 0. The van der Waals surface area contributed by atoms with Crippen LogP contribution in [0.2, 0.25) is 0 Å². The molecule has 0 amide bonds. The lowest BCUT2D eigenvalue weighted by Gasteiger charge is -1.94. The monoisotopic (exact) mass is 138 g/mol. The highest BCUT2D eigenvalue weighted by molar-refractivity contribution is 5.66. The maximum absolute atomic E-state index is 5.31. The Labute approximate surface area is 56.8 Å². The van der Waals surface area contributed by atoms with E-state index in [1.54, 1.807) is 6.20 Å². The van der Waals surface area contributed by atoms with E-state index in [1.807, 2.05) is 0 Å². The molecule has 2 heterocycles. The van der Waals surface area contributed by atoms with Gasteiger partial charge in [0.2, 0.25) is 5.95 Å². The van der Waals surface area contributed by atoms with Gasteiger partial charge in [0.1, 0.15) is 5.69 Å². The van der Waals surface area contributed by atoms with E-state index in [1.165, 1.54) is 0 Å². The van der Waals surface area contributed by atoms with Crippen molar-refractivity contribution in [3.8, 4) is 0 Å². The van der Waals surface area contributed by atoms with E-state index in [9.17, 15) is 0 Å². The van der Waals surface area contributed by atoms with E-state index in [2.05, 4.69) is 26.4 Å². The molecule has 0 unspecified atom stereocenters. The molecule has 6 heteroatoms. The van der Waals surface area contributed by atoms with Crippen molar-refractivity contribution in [3.63, 3.8) is 0 Å². The summed E-state index contributed by atoms with van der Waals surface area (Å²) >= 11 is 0. The molecule has 52 valence electrons. The van der Waals surface area contributed by atoms with Crippen molar-refractivity contribution >= 4 is 17.5 Å². The first kappa shape index (κ1) is 5.24. The summed E-state index contributed by atoms with van der Waals surface area (Å²) < 4.78 is 0. The minimum atomic E-state index is 0.261. The highest BCUT2D eigenvalue weighted by Gasteiger charge is 2.09. The Balaban J connectivity index is 2.52. The Morgan fingerprint density at radius 2 is 2.30 bits per heavy atom. The molecule has 0 aromatic carbocycles. The number of nitrogens with zero attached hydrogens (tertiary/aromatic N) is 2. The van der Waals surface area contributed by atoms with Crippen molar-refractivity contribution in [1.82, 2.24) is 15.5 Å². The summed E-state index contributed by atoms with van der Waals surface area (Å²) in [6.07, 6.45) is 1.60. The summed E-state index contributed by atoms with van der Waals surface area (Å²) in [6, 6.07) is 0. The van der Waals surface area contributed by atoms with Gasteiger partial charge in [-0.3, -0.25) is 10.9 Å². The molecule has 0 saturated carbocycles. The Hall–Kier alpha value is -1.56. The summed E-state index contributed by atoms with van der Waals surface area (Å²) in [5.74, 6) is 0.934. The molecule has 1 aliphatic heterocycles. The molecule has 0 fully saturated rings. The van der Waals surface area contributed by atoms with Crippen LogP contribution in [0.3, 0.4) is 0 Å². The Morgan fingerprint density at radius 1 is 1.40 bits per heavy atom. The summed E-state index contributed by atoms with van der Waals surface area (Å²) in [5.41, 5.74) is 14.3. The van der Waals surface area contributed by atoms with Gasteiger partial charge < -0.3 is 5.73 Å². The number of nitrogen functional groups attached to an aromatic ring is 1. The van der Waals surface area contributed by atoms with Gasteiger partial charge in [-0.1, -0.05) is 0 Å². The third-order valence-electron chi connectivity index (χ3n) is 1.19. The van der Waals surface area contributed by atoms with Crippen molar-refractivity contribution in [1.29, 1.82) is 0 Å². The lowest BCUT2D eigenvalue weighted by Crippen LogP contribution is -2.19. The smallest absolute Gasteiger partial charge is 0.222 e. The van der Waals surface area contributed by atoms with Gasteiger partial charge >= 0.3 is 0 Å². The highest BCUT2D eigenvalue weighted by Crippen LogP contribution is 2.19. The van der Waals surface area contributed by atoms with E-state index in [4.69, 9.17) is 5.73 Å². The molecule has 0 bridgehead atoms. The average Bonchev–Trinajstić information content (AvgIpc) is 2.33. The summed E-state index contributed by atoms with van der Waals surface area (Å²) in [7, 11) is 0. The van der Waals surface area contributed by atoms with Crippen LogP contribution in [0, 0.1) is 0 Å². The van der Waals surface area contributed by atoms with Crippen molar-refractivity contribution < 1.29 is 0 Å². The van der Waals surface area contributed by atoms with Crippen LogP contribution in [0.15, 0.2) is 6.20 Å². The van der Waals surface area contributed by atoms with E-state index < -0.39 is 0 Å². The first-order valence-electron chi connectivity index (χ1n) is 2.76. The van der Waals surface area contributed by atoms with Crippen molar-refractivity contribution in [3.05, 3.63) is 6.20 Å². The first-order chi connectivity index (χ1) is 4.86. The molecule has 6 nitrogen and oxygen atoms in total. The predicted octanol–water partition coefficient (Wildman–Crippen LogP) is -0.684. The molecule has 1 aromatic heterocycles. The van der Waals surface area contributed by atoms with Crippen LogP contribution < -0.4 is 22.1 Å². The number of fused-ring (bicyclic) bond motifs is 1. The topological polar surface area (TPSA) is 87.9 Å². The molecule has 1 aliphatic rings. The standard InChI is InChI=1S/C4H6N6/c5-4-6-1-2-3(7-4)9-10-8-2/h1,8,10H,(H3,5,6,7,9). The van der Waals surface area contributed by atoms with Gasteiger partial charge in [-0.25, -0.2) is 4.98 Å². The van der Waals surface area contributed by atoms with Gasteiger partial charge in [-0.15, -0.1) is 5.53 Å². The maximum Gasteiger partial charge on any atom is 0.222 e. The fraction of sp³-hybridized carbons (Fsp3) is 0. The minimum absolute atomic E-state index is 0.261. The number of anilines is 3. The predicted molar refractivity (Wildman–Crippen MR) is 36.8 cm³/mol. The quantitative estimate of drug-likeness (QED) is 0.380. The number of hydrogen-bond acceptors (Lipinski definition) is 6. The molecular weight excluding hydrogens is 132 g/mol. The SMILES string of the molecule is Nc1ncc2c(n1)NNN2. The molecule has 10 heavy (non-hydrogen) atoms. The van der Waals surface area contributed by atoms with Gasteiger partial charge in [0.15, 0.2) is 5.82 Å². The van der Waals surface area contributed by atoms with Crippen LogP contribution in [0.25, 0.3) is 0 Å². The van der Waals surface area contributed by atoms with Crippen LogP contribution in [0.5, 0.6) is 0 Å². The third kappa shape index (κ3) is 0.627. The molecule has 0 atom stereocenters. The Kier molecular flexibility index (Phi) is 0.896. The fourth-order valence-corrected chi connectivity index (χ4v) is 0.740. The van der Waals surface area contributed by atoms with Gasteiger partial charge in [0, 0.05) is 0 Å². The zero-order chi connectivity index (χ0) is 6.97. The second kappa shape index (κ2) is 1.71. The second-order valence-corrected chi connectivity index (χ2v) is 1.87. The zero-order valence-electron chi connectivity index (χ0n) is 5.05. The van der Waals surface area contributed by atoms with E-state index in [0.717, 1.165) is 5.69 Å². The van der Waals surface area contributed by atoms with E-state index >= 15 is 0 Å². The lowest BCUT2D eigenvalue weighted by atomic mass is 10.5. The van der Waals surface area contributed by atoms with E-state index in [0.29, 0.717) is 5.82 Å². The number of aromatic nitrogens is 2. The fourth-order valence-electron chi connectivity index (χ4n) is 0.740. The van der Waals surface area contributed by atoms with Crippen LogP contribution in [-0.4, -0.2) is 9.97 Å². The normalized spacial score (nSPS) is 13.6. The maximum atomic E-state index is 5.31. The average molecular weight is 138 g/mol. The third-order valence-corrected chi connectivity index (χ3v) is 1.19. The van der Waals surface area contributed by atoms with Crippen molar-refractivity contribution in [2.24, 2.45) is 0 Å². The van der Waals surface area contributed by atoms with Gasteiger partial charge in [0.05, 0.1) is 6.20 Å². The van der Waals surface area contributed by atoms with Crippen molar-refractivity contribution in [2.45, 2.75) is 0 Å². The zero-order valence-corrected chi connectivity index (χ0v) is 5.05. The number of nitrogens with one attached hydrogen (secondary N) is 3. The summed E-state index contributed by atoms with van der Waals surface area (Å²) in [6.45, 7) is 0. The summed E-state index contributed by atoms with van der Waals surface area (Å²) in [5, 5.41) is 0. The number of hydrogen-bond donors (Lipinski definition) is 4. The molecule has 0 aliphatic carbocycles. The van der Waals surface area contributed by atoms with Crippen LogP contribution in [-0.2, 0) is 0 Å². The van der Waals surface area contributed by atoms with Crippen LogP contribution in [0.1, 0.15) is 0 Å². The van der Waals surface area contributed by atoms with Crippen LogP contribution >= 0.6 is 0 Å². The molecule has 0 radical (unpaired) electrons. The molecule has 0 spiro atoms. The van der Waals surface area contributed by atoms with Gasteiger partial charge in [0.25, 0.3) is 0 Å². The largest absolute Gasteiger partial charge is 0.368 e. The summed E-state index contributed by atoms with van der Waals surface area (Å²) in [4.78, 5) is 7.66. The minimum Gasteiger partial charge on any atom is -0.368 e. The van der Waals surface area contributed by atoms with Crippen LogP contribution in [0.4, 0.5) is 17.5 Å². The van der Waals surface area contributed by atoms with E-state index in [-0.39, 0.29) is 5.95 Å². The Bertz CT molecular complexity index is 258. The van der Waals surface area contributed by atoms with Crippen molar-refractivity contribution in [2.75, 3.05) is 16.6 Å². The molecule has 5 N–H and O–H groups in total. The van der Waals surface area contributed by atoms with Gasteiger partial charge in [-0.2, -0.15) is 4.98 Å². The molecule has 0 saturated heterocycles. The number of hydrazine groups is 2. The molecule has 2 rings (SSSR count). The van der Waals surface area contributed by atoms with Gasteiger partial charge in [-0.05, 0) is 0 Å². The highest BCUT2D eigenvalue weighted by atomic mass is 15.6. The number of nitrogens with two attached hydrogens (primary N) is 1. The first-order valence-corrected chi connectivity index (χ1v) is 2.76.